The van der Waals surface area contributed by atoms with Crippen LogP contribution in [0.2, 0.25) is 0 Å². The van der Waals surface area contributed by atoms with E-state index in [-0.39, 0.29) is 37.0 Å². The quantitative estimate of drug-likeness (QED) is 0.329. The molecule has 3 amide bonds. The van der Waals surface area contributed by atoms with Crippen LogP contribution in [0.1, 0.15) is 99.4 Å². The molecule has 0 aromatic heterocycles. The van der Waals surface area contributed by atoms with E-state index in [0.29, 0.717) is 23.3 Å². The lowest BCUT2D eigenvalue weighted by atomic mass is 9.53. The number of nitrogens with one attached hydrogen (secondary N) is 2. The highest BCUT2D eigenvalue weighted by atomic mass is 19.1. The van der Waals surface area contributed by atoms with Crippen molar-refractivity contribution in [2.45, 2.75) is 102 Å². The van der Waals surface area contributed by atoms with Gasteiger partial charge in [0, 0.05) is 23.1 Å². The fourth-order valence-electron chi connectivity index (χ4n) is 8.35. The lowest BCUT2D eigenvalue weighted by molar-refractivity contribution is -0.136. The number of hydrogen-bond acceptors (Lipinski definition) is 5. The van der Waals surface area contributed by atoms with Gasteiger partial charge in [0.05, 0.1) is 13.2 Å². The maximum atomic E-state index is 14.7. The Labute approximate surface area is 224 Å². The van der Waals surface area contributed by atoms with Gasteiger partial charge in [-0.05, 0) is 94.2 Å². The Kier molecular flexibility index (Phi) is 7.18. The van der Waals surface area contributed by atoms with Gasteiger partial charge in [-0.2, -0.15) is 0 Å². The van der Waals surface area contributed by atoms with E-state index in [2.05, 4.69) is 10.6 Å². The van der Waals surface area contributed by atoms with E-state index in [9.17, 15) is 18.8 Å². The number of piperidine rings is 1. The minimum Gasteiger partial charge on any atom is -0.490 e. The number of nitrogens with zero attached hydrogens (tertiary/aromatic N) is 1. The zero-order valence-electron chi connectivity index (χ0n) is 22.2. The van der Waals surface area contributed by atoms with Crippen molar-refractivity contribution in [1.29, 1.82) is 0 Å². The predicted molar refractivity (Wildman–Crippen MR) is 140 cm³/mol. The summed E-state index contributed by atoms with van der Waals surface area (Å²) < 4.78 is 20.5. The van der Waals surface area contributed by atoms with Gasteiger partial charge in [0.25, 0.3) is 5.91 Å². The number of hydrogen-bond donors (Lipinski definition) is 2. The Morgan fingerprint density at radius 1 is 0.974 bits per heavy atom. The van der Waals surface area contributed by atoms with Crippen LogP contribution >= 0.6 is 0 Å². The summed E-state index contributed by atoms with van der Waals surface area (Å²) in [5.74, 6) is 1.43. The molecular formula is C30H40FN3O4. The minimum absolute atomic E-state index is 0.115. The molecule has 4 saturated carbocycles. The van der Waals surface area contributed by atoms with Crippen molar-refractivity contribution >= 4 is 17.7 Å². The molecule has 4 bridgehead atoms. The first kappa shape index (κ1) is 25.8. The summed E-state index contributed by atoms with van der Waals surface area (Å²) in [6.45, 7) is 1.62. The molecule has 2 heterocycles. The number of amides is 3. The van der Waals surface area contributed by atoms with E-state index in [4.69, 9.17) is 4.74 Å². The van der Waals surface area contributed by atoms with Crippen LogP contribution in [0.5, 0.6) is 5.75 Å². The Bertz CT molecular complexity index is 1070. The molecule has 2 aliphatic heterocycles. The van der Waals surface area contributed by atoms with Gasteiger partial charge in [0.2, 0.25) is 11.8 Å². The summed E-state index contributed by atoms with van der Waals surface area (Å²) in [5, 5.41) is 6.27. The molecule has 7 nitrogen and oxygen atoms in total. The van der Waals surface area contributed by atoms with Gasteiger partial charge in [0.1, 0.15) is 6.04 Å². The number of carbonyl (C=O) groups excluding carboxylic acids is 3. The van der Waals surface area contributed by atoms with Crippen LogP contribution in [0, 0.1) is 23.6 Å². The topological polar surface area (TPSA) is 87.7 Å². The van der Waals surface area contributed by atoms with E-state index < -0.39 is 17.8 Å². The monoisotopic (exact) mass is 525 g/mol. The molecule has 0 radical (unpaired) electrons. The number of unbranched alkanes of at least 4 members (excludes halogenated alkanes) is 4. The second-order valence-electron chi connectivity index (χ2n) is 12.5. The van der Waals surface area contributed by atoms with Gasteiger partial charge < -0.3 is 15.0 Å². The Morgan fingerprint density at radius 2 is 1.66 bits per heavy atom. The number of rotatable bonds is 11. The zero-order chi connectivity index (χ0) is 26.3. The van der Waals surface area contributed by atoms with Crippen molar-refractivity contribution in [2.24, 2.45) is 17.8 Å². The summed E-state index contributed by atoms with van der Waals surface area (Å²) in [4.78, 5) is 38.1. The molecule has 6 aliphatic rings. The summed E-state index contributed by atoms with van der Waals surface area (Å²) in [6.07, 6.45) is 14.5. The molecular weight excluding hydrogens is 485 g/mol. The summed E-state index contributed by atoms with van der Waals surface area (Å²) >= 11 is 0. The van der Waals surface area contributed by atoms with Gasteiger partial charge in [0.15, 0.2) is 11.6 Å². The lowest BCUT2D eigenvalue weighted by Gasteiger charge is -2.57. The third kappa shape index (κ3) is 5.08. The molecule has 8 heteroatoms. The van der Waals surface area contributed by atoms with Gasteiger partial charge in [-0.15, -0.1) is 0 Å². The third-order valence-electron chi connectivity index (χ3n) is 9.72. The van der Waals surface area contributed by atoms with Gasteiger partial charge >= 0.3 is 0 Å². The van der Waals surface area contributed by atoms with Crippen LogP contribution in [0.3, 0.4) is 0 Å². The normalized spacial score (nSPS) is 31.6. The predicted octanol–water partition coefficient (Wildman–Crippen LogP) is 4.47. The van der Waals surface area contributed by atoms with Crippen LogP contribution in [0.4, 0.5) is 4.39 Å². The van der Waals surface area contributed by atoms with Crippen LogP contribution in [-0.4, -0.2) is 47.4 Å². The van der Waals surface area contributed by atoms with Gasteiger partial charge in [-0.25, -0.2) is 4.39 Å². The minimum atomic E-state index is -0.721. The highest BCUT2D eigenvalue weighted by molar-refractivity contribution is 6.05. The molecule has 1 saturated heterocycles. The molecule has 0 spiro atoms. The molecule has 206 valence electrons. The maximum Gasteiger partial charge on any atom is 0.255 e. The van der Waals surface area contributed by atoms with Crippen molar-refractivity contribution in [1.82, 2.24) is 15.5 Å². The van der Waals surface area contributed by atoms with Crippen molar-refractivity contribution in [3.63, 3.8) is 0 Å². The second-order valence-corrected chi connectivity index (χ2v) is 12.5. The first-order valence-electron chi connectivity index (χ1n) is 14.7. The smallest absolute Gasteiger partial charge is 0.255 e. The van der Waals surface area contributed by atoms with E-state index in [1.165, 1.54) is 68.4 Å². The Balaban J connectivity index is 0.920. The summed E-state index contributed by atoms with van der Waals surface area (Å²) in [6, 6.07) is 2.00. The fraction of sp³-hybridized carbons (Fsp3) is 0.700. The van der Waals surface area contributed by atoms with Crippen molar-refractivity contribution in [2.75, 3.05) is 13.2 Å². The molecule has 38 heavy (non-hydrogen) atoms. The number of benzene rings is 1. The third-order valence-corrected chi connectivity index (χ3v) is 9.72. The largest absolute Gasteiger partial charge is 0.490 e. The number of fused-ring (bicyclic) bond motifs is 1. The molecule has 1 aromatic carbocycles. The fourth-order valence-corrected chi connectivity index (χ4v) is 8.35. The second kappa shape index (κ2) is 10.6. The maximum absolute atomic E-state index is 14.7. The number of imide groups is 1. The van der Waals surface area contributed by atoms with Gasteiger partial charge in [-0.3, -0.25) is 19.7 Å². The lowest BCUT2D eigenvalue weighted by Crippen LogP contribution is -2.58. The van der Waals surface area contributed by atoms with Crippen molar-refractivity contribution in [3.8, 4) is 5.75 Å². The average Bonchev–Trinajstić information content (AvgIpc) is 3.19. The van der Waals surface area contributed by atoms with Crippen LogP contribution < -0.4 is 15.4 Å². The SMILES string of the molecule is O=C1CCC(N2Cc3c(ccc(F)c3OCCCCCCCNC34CC5CC(CC(C5)C3)C4)C2=O)C(=O)N1. The molecule has 2 N–H and O–H groups in total. The molecule has 7 rings (SSSR count). The van der Waals surface area contributed by atoms with E-state index in [1.54, 1.807) is 0 Å². The highest BCUT2D eigenvalue weighted by Gasteiger charge is 2.50. The highest BCUT2D eigenvalue weighted by Crippen LogP contribution is 2.55. The molecule has 1 unspecified atom stereocenters. The first-order chi connectivity index (χ1) is 18.4. The molecule has 1 aromatic rings. The van der Waals surface area contributed by atoms with Gasteiger partial charge in [-0.1, -0.05) is 19.3 Å². The van der Waals surface area contributed by atoms with Crippen LogP contribution in [-0.2, 0) is 16.1 Å². The number of halogens is 1. The summed E-state index contributed by atoms with van der Waals surface area (Å²) in [7, 11) is 0. The number of ether oxygens (including phenoxy) is 1. The number of carbonyl (C=O) groups is 3. The van der Waals surface area contributed by atoms with E-state index in [1.807, 2.05) is 0 Å². The first-order valence-corrected chi connectivity index (χ1v) is 14.7. The Hall–Kier alpha value is -2.48. The van der Waals surface area contributed by atoms with Crippen LogP contribution in [0.25, 0.3) is 0 Å². The average molecular weight is 526 g/mol. The Morgan fingerprint density at radius 3 is 2.37 bits per heavy atom. The van der Waals surface area contributed by atoms with Crippen molar-refractivity contribution in [3.05, 3.63) is 29.1 Å². The molecule has 1 atom stereocenters. The zero-order valence-corrected chi connectivity index (χ0v) is 22.2. The van der Waals surface area contributed by atoms with E-state index in [0.717, 1.165) is 43.6 Å². The summed E-state index contributed by atoms with van der Waals surface area (Å²) in [5.41, 5.74) is 1.31. The van der Waals surface area contributed by atoms with E-state index >= 15 is 0 Å². The molecule has 5 fully saturated rings. The molecule has 4 aliphatic carbocycles. The van der Waals surface area contributed by atoms with Crippen molar-refractivity contribution < 1.29 is 23.5 Å². The van der Waals surface area contributed by atoms with Crippen LogP contribution in [0.15, 0.2) is 12.1 Å². The standard InChI is InChI=1S/C30H40FN3O4/c31-24-7-6-22-23(18-34(29(22)37)25-8-9-26(35)33-28(25)36)27(24)38-11-5-3-1-2-4-10-32-30-15-19-12-20(16-30)14-21(13-19)17-30/h6-7,19-21,25,32H,1-5,8-18H2,(H,33,35,36).